The summed E-state index contributed by atoms with van der Waals surface area (Å²) in [6.45, 7) is 4.75. The first-order valence-electron chi connectivity index (χ1n) is 18.3. The molecule has 0 radical (unpaired) electrons. The van der Waals surface area contributed by atoms with Crippen molar-refractivity contribution in [2.24, 2.45) is 13.0 Å². The molecule has 2 saturated heterocycles. The fourth-order valence-corrected chi connectivity index (χ4v) is 8.58. The number of hydrogen-bond donors (Lipinski definition) is 3. The molecule has 0 spiro atoms. The summed E-state index contributed by atoms with van der Waals surface area (Å²) in [5.41, 5.74) is 4.61. The van der Waals surface area contributed by atoms with Crippen LogP contribution in [-0.4, -0.2) is 73.9 Å². The van der Waals surface area contributed by atoms with E-state index < -0.39 is 18.2 Å². The van der Waals surface area contributed by atoms with Crippen LogP contribution in [-0.2, 0) is 11.8 Å². The lowest BCUT2D eigenvalue weighted by Gasteiger charge is -2.36. The first-order valence-corrected chi connectivity index (χ1v) is 18.3. The van der Waals surface area contributed by atoms with Crippen LogP contribution in [0, 0.1) is 12.8 Å². The van der Waals surface area contributed by atoms with E-state index >= 15 is 0 Å². The van der Waals surface area contributed by atoms with Gasteiger partial charge in [-0.05, 0) is 87.9 Å². The molecular weight excluding hydrogens is 666 g/mol. The smallest absolute Gasteiger partial charge is 0.329 e. The lowest BCUT2D eigenvalue weighted by atomic mass is 9.81. The summed E-state index contributed by atoms with van der Waals surface area (Å²) in [4.78, 5) is 50.4. The number of ether oxygens (including phenoxy) is 1. The molecular formula is C38H45N7O7. The topological polar surface area (TPSA) is 170 Å². The molecule has 3 aliphatic rings. The summed E-state index contributed by atoms with van der Waals surface area (Å²) in [6, 6.07) is 8.98. The van der Waals surface area contributed by atoms with E-state index in [1.807, 2.05) is 12.1 Å². The molecule has 2 aliphatic heterocycles. The van der Waals surface area contributed by atoms with E-state index in [4.69, 9.17) is 18.6 Å². The average molecular weight is 712 g/mol. The van der Waals surface area contributed by atoms with E-state index in [2.05, 4.69) is 26.6 Å². The van der Waals surface area contributed by atoms with E-state index in [0.29, 0.717) is 53.1 Å². The minimum Gasteiger partial charge on any atom is -0.494 e. The van der Waals surface area contributed by atoms with Crippen molar-refractivity contribution in [2.75, 3.05) is 32.1 Å². The number of aromatic nitrogens is 4. The minimum atomic E-state index is -0.863. The molecule has 3 N–H and O–H groups in total. The molecule has 1 aliphatic carbocycles. The number of fused-ring (bicyclic) bond motifs is 2. The Morgan fingerprint density at radius 1 is 1.04 bits per heavy atom. The number of aliphatic hydroxyl groups excluding tert-OH is 1. The Bertz CT molecular complexity index is 2180. The van der Waals surface area contributed by atoms with Crippen LogP contribution in [0.2, 0.25) is 0 Å². The van der Waals surface area contributed by atoms with Crippen molar-refractivity contribution in [1.29, 1.82) is 0 Å². The van der Waals surface area contributed by atoms with Gasteiger partial charge in [0.1, 0.15) is 29.8 Å². The van der Waals surface area contributed by atoms with Gasteiger partial charge < -0.3 is 34.2 Å². The normalized spacial score (nSPS) is 23.3. The molecule has 274 valence electrons. The van der Waals surface area contributed by atoms with E-state index in [1.165, 1.54) is 11.8 Å². The number of piperidine rings is 2. The van der Waals surface area contributed by atoms with Crippen molar-refractivity contribution in [3.63, 3.8) is 0 Å². The third-order valence-electron chi connectivity index (χ3n) is 11.3. The van der Waals surface area contributed by atoms with Gasteiger partial charge in [-0.15, -0.1) is 0 Å². The largest absolute Gasteiger partial charge is 0.494 e. The van der Waals surface area contributed by atoms with Gasteiger partial charge in [0.25, 0.3) is 5.91 Å². The SMILES string of the molecule is COc1cc2nc(C3CCC(CN4CCC(c5cccc6c5n(C)c(=O)n6C5CCC(O)NC5=O)CC4)CC3)oc2cc1NC(=O)c1coc(C)n1. The van der Waals surface area contributed by atoms with Crippen LogP contribution in [0.5, 0.6) is 5.75 Å². The highest BCUT2D eigenvalue weighted by molar-refractivity contribution is 6.04. The van der Waals surface area contributed by atoms with E-state index in [9.17, 15) is 19.5 Å². The molecule has 0 bridgehead atoms. The number of amides is 2. The Hall–Kier alpha value is -4.95. The summed E-state index contributed by atoms with van der Waals surface area (Å²) in [5, 5.41) is 15.3. The lowest BCUT2D eigenvalue weighted by molar-refractivity contribution is -0.130. The van der Waals surface area contributed by atoms with Crippen molar-refractivity contribution < 1.29 is 28.3 Å². The number of oxazole rings is 2. The fourth-order valence-electron chi connectivity index (χ4n) is 8.58. The quantitative estimate of drug-likeness (QED) is 0.200. The number of hydrogen-bond acceptors (Lipinski definition) is 10. The van der Waals surface area contributed by atoms with Gasteiger partial charge in [-0.3, -0.25) is 18.7 Å². The molecule has 14 heteroatoms. The molecule has 3 fully saturated rings. The van der Waals surface area contributed by atoms with Crippen molar-refractivity contribution >= 4 is 39.6 Å². The fraction of sp³-hybridized carbons (Fsp3) is 0.500. The number of carbonyl (C=O) groups is 2. The van der Waals surface area contributed by atoms with Crippen molar-refractivity contribution in [3.05, 3.63) is 70.1 Å². The number of benzene rings is 2. The number of anilines is 1. The zero-order valence-corrected chi connectivity index (χ0v) is 29.8. The van der Waals surface area contributed by atoms with Gasteiger partial charge in [0.15, 0.2) is 23.1 Å². The second-order valence-electron chi connectivity index (χ2n) is 14.6. The van der Waals surface area contributed by atoms with E-state index in [0.717, 1.165) is 75.1 Å². The number of nitrogens with zero attached hydrogens (tertiary/aromatic N) is 5. The Morgan fingerprint density at radius 3 is 2.54 bits per heavy atom. The Morgan fingerprint density at radius 2 is 1.83 bits per heavy atom. The maximum atomic E-state index is 13.4. The van der Waals surface area contributed by atoms with Crippen LogP contribution in [0.1, 0.15) is 97.1 Å². The van der Waals surface area contributed by atoms with Gasteiger partial charge in [0.05, 0.1) is 23.8 Å². The van der Waals surface area contributed by atoms with Crippen LogP contribution >= 0.6 is 0 Å². The third kappa shape index (κ3) is 6.38. The second kappa shape index (κ2) is 13.9. The molecule has 52 heavy (non-hydrogen) atoms. The molecule has 2 aromatic carbocycles. The van der Waals surface area contributed by atoms with Crippen molar-refractivity contribution in [1.82, 2.24) is 29.3 Å². The molecule has 1 saturated carbocycles. The standard InChI is InChI=1S/C38H45N7O7/c1-21-39-28(20-51-21)35(47)40-26-18-32-27(17-31(26)50-3)41-37(52-32)24-9-7-22(8-10-24)19-44-15-13-23(14-16-44)25-5-4-6-29-34(25)43(2)38(49)45(29)30-11-12-33(46)42-36(30)48/h4-6,17-18,20,22-24,30,33,46H,7-16,19H2,1-3H3,(H,40,47)(H,42,48). The van der Waals surface area contributed by atoms with Crippen LogP contribution in [0.4, 0.5) is 5.69 Å². The number of imidazole rings is 1. The van der Waals surface area contributed by atoms with Gasteiger partial charge in [0, 0.05) is 38.6 Å². The van der Waals surface area contributed by atoms with Gasteiger partial charge in [-0.25, -0.2) is 14.8 Å². The molecule has 14 nitrogen and oxygen atoms in total. The number of nitrogens with one attached hydrogen (secondary N) is 2. The number of aryl methyl sites for hydroxylation is 2. The first-order chi connectivity index (χ1) is 25.2. The summed E-state index contributed by atoms with van der Waals surface area (Å²) >= 11 is 0. The van der Waals surface area contributed by atoms with Crippen molar-refractivity contribution in [2.45, 2.75) is 82.4 Å². The minimum absolute atomic E-state index is 0.186. The molecule has 2 amide bonds. The number of carbonyl (C=O) groups excluding carboxylic acids is 2. The molecule has 2 atom stereocenters. The molecule has 5 heterocycles. The van der Waals surface area contributed by atoms with Gasteiger partial charge in [-0.2, -0.15) is 0 Å². The average Bonchev–Trinajstić information content (AvgIpc) is 3.84. The Labute approximate surface area is 300 Å². The Balaban J connectivity index is 0.878. The predicted octanol–water partition coefficient (Wildman–Crippen LogP) is 4.96. The zero-order valence-electron chi connectivity index (χ0n) is 29.8. The van der Waals surface area contributed by atoms with Crippen LogP contribution in [0.3, 0.4) is 0 Å². The maximum absolute atomic E-state index is 13.4. The van der Waals surface area contributed by atoms with E-state index in [-0.39, 0.29) is 23.2 Å². The lowest BCUT2D eigenvalue weighted by Crippen LogP contribution is -2.46. The number of aliphatic hydroxyl groups is 1. The van der Waals surface area contributed by atoms with Gasteiger partial charge >= 0.3 is 5.69 Å². The summed E-state index contributed by atoms with van der Waals surface area (Å²) in [5.74, 6) is 2.09. The third-order valence-corrected chi connectivity index (χ3v) is 11.3. The highest BCUT2D eigenvalue weighted by Gasteiger charge is 2.34. The highest BCUT2D eigenvalue weighted by atomic mass is 16.5. The second-order valence-corrected chi connectivity index (χ2v) is 14.6. The predicted molar refractivity (Wildman–Crippen MR) is 192 cm³/mol. The van der Waals surface area contributed by atoms with Gasteiger partial charge in [0.2, 0.25) is 5.91 Å². The zero-order chi connectivity index (χ0) is 36.1. The van der Waals surface area contributed by atoms with Crippen molar-refractivity contribution in [3.8, 4) is 5.75 Å². The molecule has 8 rings (SSSR count). The summed E-state index contributed by atoms with van der Waals surface area (Å²) in [7, 11) is 3.35. The summed E-state index contributed by atoms with van der Waals surface area (Å²) < 4.78 is 20.3. The molecule has 5 aromatic rings. The maximum Gasteiger partial charge on any atom is 0.329 e. The Kier molecular flexibility index (Phi) is 9.12. The van der Waals surface area contributed by atoms with E-state index in [1.54, 1.807) is 42.3 Å². The summed E-state index contributed by atoms with van der Waals surface area (Å²) in [6.07, 6.45) is 7.54. The van der Waals surface area contributed by atoms with Crippen LogP contribution in [0.25, 0.3) is 22.1 Å². The number of rotatable bonds is 8. The monoisotopic (exact) mass is 711 g/mol. The number of methoxy groups -OCH3 is 1. The first kappa shape index (κ1) is 34.2. The number of likely N-dealkylation sites (tertiary alicyclic amines) is 1. The molecule has 2 unspecified atom stereocenters. The van der Waals surface area contributed by atoms with Crippen LogP contribution < -0.4 is 21.1 Å². The highest BCUT2D eigenvalue weighted by Crippen LogP contribution is 2.40. The van der Waals surface area contributed by atoms with Gasteiger partial charge in [-0.1, -0.05) is 12.1 Å². The van der Waals surface area contributed by atoms with Crippen LogP contribution in [0.15, 0.2) is 50.2 Å². The molecule has 3 aromatic heterocycles. The number of para-hydroxylation sites is 1.